The summed E-state index contributed by atoms with van der Waals surface area (Å²) in [4.78, 5) is 12.4. The second-order valence-corrected chi connectivity index (χ2v) is 5.64. The Bertz CT molecular complexity index is 710. The molecule has 0 spiro atoms. The van der Waals surface area contributed by atoms with E-state index in [4.69, 9.17) is 9.47 Å². The van der Waals surface area contributed by atoms with Crippen molar-refractivity contribution in [1.29, 1.82) is 0 Å². The van der Waals surface area contributed by atoms with Crippen LogP contribution in [0.4, 0.5) is 0 Å². The Balaban J connectivity index is 2.10. The van der Waals surface area contributed by atoms with Crippen molar-refractivity contribution in [3.63, 3.8) is 0 Å². The van der Waals surface area contributed by atoms with Crippen LogP contribution in [0.5, 0.6) is 11.5 Å². The predicted molar refractivity (Wildman–Crippen MR) is 95.9 cm³/mol. The van der Waals surface area contributed by atoms with Crippen molar-refractivity contribution in [2.75, 3.05) is 13.2 Å². The number of amides is 1. The van der Waals surface area contributed by atoms with Crippen molar-refractivity contribution in [3.8, 4) is 11.5 Å². The van der Waals surface area contributed by atoms with Crippen molar-refractivity contribution < 1.29 is 14.3 Å². The summed E-state index contributed by atoms with van der Waals surface area (Å²) in [5.74, 6) is 1.13. The SMILES string of the molecule is CCOc1ccc(C(=O)NCc2ccc(C)cc2C)cc1OCC. The zero-order chi connectivity index (χ0) is 17.5. The molecule has 4 heteroatoms. The zero-order valence-corrected chi connectivity index (χ0v) is 14.8. The molecule has 0 aliphatic heterocycles. The summed E-state index contributed by atoms with van der Waals surface area (Å²) in [5.41, 5.74) is 4.07. The van der Waals surface area contributed by atoms with E-state index in [0.717, 1.165) is 5.56 Å². The van der Waals surface area contributed by atoms with E-state index < -0.39 is 0 Å². The van der Waals surface area contributed by atoms with E-state index in [2.05, 4.69) is 37.4 Å². The highest BCUT2D eigenvalue weighted by Gasteiger charge is 2.11. The number of carbonyl (C=O) groups is 1. The summed E-state index contributed by atoms with van der Waals surface area (Å²) >= 11 is 0. The van der Waals surface area contributed by atoms with Crippen molar-refractivity contribution in [3.05, 3.63) is 58.7 Å². The van der Waals surface area contributed by atoms with Crippen molar-refractivity contribution in [2.45, 2.75) is 34.2 Å². The molecule has 2 aromatic rings. The molecule has 0 saturated heterocycles. The molecule has 0 aromatic heterocycles. The van der Waals surface area contributed by atoms with Crippen LogP contribution in [-0.2, 0) is 6.54 Å². The normalized spacial score (nSPS) is 10.3. The van der Waals surface area contributed by atoms with Crippen LogP contribution in [0, 0.1) is 13.8 Å². The van der Waals surface area contributed by atoms with Crippen LogP contribution in [0.15, 0.2) is 36.4 Å². The number of carbonyl (C=O) groups excluding carboxylic acids is 1. The van der Waals surface area contributed by atoms with Gasteiger partial charge in [-0.2, -0.15) is 0 Å². The van der Waals surface area contributed by atoms with Gasteiger partial charge in [0, 0.05) is 12.1 Å². The minimum Gasteiger partial charge on any atom is -0.490 e. The summed E-state index contributed by atoms with van der Waals surface area (Å²) in [6.07, 6.45) is 0. The van der Waals surface area contributed by atoms with Gasteiger partial charge in [-0.3, -0.25) is 4.79 Å². The first-order valence-electron chi connectivity index (χ1n) is 8.29. The van der Waals surface area contributed by atoms with E-state index in [9.17, 15) is 4.79 Å². The number of hydrogen-bond donors (Lipinski definition) is 1. The maximum absolute atomic E-state index is 12.4. The van der Waals surface area contributed by atoms with E-state index in [0.29, 0.717) is 36.8 Å². The molecule has 2 aromatic carbocycles. The summed E-state index contributed by atoms with van der Waals surface area (Å²) in [7, 11) is 0. The number of hydrogen-bond acceptors (Lipinski definition) is 3. The molecule has 24 heavy (non-hydrogen) atoms. The molecule has 1 amide bonds. The van der Waals surface area contributed by atoms with Gasteiger partial charge >= 0.3 is 0 Å². The van der Waals surface area contributed by atoms with Gasteiger partial charge in [0.2, 0.25) is 0 Å². The van der Waals surface area contributed by atoms with E-state index in [1.54, 1.807) is 18.2 Å². The lowest BCUT2D eigenvalue weighted by molar-refractivity contribution is 0.0950. The Morgan fingerprint density at radius 3 is 2.33 bits per heavy atom. The lowest BCUT2D eigenvalue weighted by atomic mass is 10.1. The molecule has 2 rings (SSSR count). The Hall–Kier alpha value is -2.49. The smallest absolute Gasteiger partial charge is 0.251 e. The molecular weight excluding hydrogens is 302 g/mol. The van der Waals surface area contributed by atoms with Crippen LogP contribution in [0.25, 0.3) is 0 Å². The zero-order valence-electron chi connectivity index (χ0n) is 14.8. The lowest BCUT2D eigenvalue weighted by Crippen LogP contribution is -2.23. The van der Waals surface area contributed by atoms with Crippen LogP contribution >= 0.6 is 0 Å². The third kappa shape index (κ3) is 4.51. The van der Waals surface area contributed by atoms with Gasteiger partial charge in [-0.05, 0) is 57.0 Å². The van der Waals surface area contributed by atoms with Gasteiger partial charge in [-0.1, -0.05) is 23.8 Å². The van der Waals surface area contributed by atoms with Crippen LogP contribution in [0.3, 0.4) is 0 Å². The van der Waals surface area contributed by atoms with E-state index in [1.165, 1.54) is 11.1 Å². The Morgan fingerprint density at radius 2 is 1.67 bits per heavy atom. The minimum atomic E-state index is -0.126. The second kappa shape index (κ2) is 8.39. The van der Waals surface area contributed by atoms with Gasteiger partial charge in [-0.25, -0.2) is 0 Å². The third-order valence-electron chi connectivity index (χ3n) is 3.74. The Morgan fingerprint density at radius 1 is 0.958 bits per heavy atom. The Kier molecular flexibility index (Phi) is 6.24. The third-order valence-corrected chi connectivity index (χ3v) is 3.74. The highest BCUT2D eigenvalue weighted by atomic mass is 16.5. The van der Waals surface area contributed by atoms with Crippen molar-refractivity contribution in [1.82, 2.24) is 5.32 Å². The number of rotatable bonds is 7. The molecule has 0 heterocycles. The molecule has 0 atom stereocenters. The van der Waals surface area contributed by atoms with Crippen molar-refractivity contribution >= 4 is 5.91 Å². The monoisotopic (exact) mass is 327 g/mol. The molecule has 0 aliphatic rings. The number of benzene rings is 2. The first kappa shape index (κ1) is 17.9. The summed E-state index contributed by atoms with van der Waals surface area (Å²) < 4.78 is 11.1. The molecule has 0 radical (unpaired) electrons. The second-order valence-electron chi connectivity index (χ2n) is 5.64. The van der Waals surface area contributed by atoms with Crippen LogP contribution in [0.1, 0.15) is 40.9 Å². The number of nitrogens with one attached hydrogen (secondary N) is 1. The summed E-state index contributed by atoms with van der Waals surface area (Å²) in [6.45, 7) is 9.51. The van der Waals surface area contributed by atoms with E-state index >= 15 is 0 Å². The highest BCUT2D eigenvalue weighted by molar-refractivity contribution is 5.94. The molecule has 0 fully saturated rings. The quantitative estimate of drug-likeness (QED) is 0.835. The van der Waals surface area contributed by atoms with E-state index in [-0.39, 0.29) is 5.91 Å². The fourth-order valence-electron chi connectivity index (χ4n) is 2.51. The molecule has 0 unspecified atom stereocenters. The van der Waals surface area contributed by atoms with Gasteiger partial charge < -0.3 is 14.8 Å². The number of aryl methyl sites for hydroxylation is 2. The molecule has 0 saturated carbocycles. The highest BCUT2D eigenvalue weighted by Crippen LogP contribution is 2.28. The van der Waals surface area contributed by atoms with E-state index in [1.807, 2.05) is 13.8 Å². The average molecular weight is 327 g/mol. The molecular formula is C20H25NO3. The van der Waals surface area contributed by atoms with Gasteiger partial charge in [0.15, 0.2) is 11.5 Å². The van der Waals surface area contributed by atoms with Gasteiger partial charge in [0.05, 0.1) is 13.2 Å². The van der Waals surface area contributed by atoms with Crippen molar-refractivity contribution in [2.24, 2.45) is 0 Å². The predicted octanol–water partition coefficient (Wildman–Crippen LogP) is 4.03. The maximum atomic E-state index is 12.4. The molecule has 0 aliphatic carbocycles. The number of ether oxygens (including phenoxy) is 2. The Labute approximate surface area is 143 Å². The average Bonchev–Trinajstić information content (AvgIpc) is 2.56. The van der Waals surface area contributed by atoms with Crippen LogP contribution < -0.4 is 14.8 Å². The standard InChI is InChI=1S/C20H25NO3/c1-5-23-18-10-9-16(12-19(18)24-6-2)20(22)21-13-17-8-7-14(3)11-15(17)4/h7-12H,5-6,13H2,1-4H3,(H,21,22). The fourth-order valence-corrected chi connectivity index (χ4v) is 2.51. The van der Waals surface area contributed by atoms with Crippen LogP contribution in [-0.4, -0.2) is 19.1 Å². The lowest BCUT2D eigenvalue weighted by Gasteiger charge is -2.13. The van der Waals surface area contributed by atoms with Gasteiger partial charge in [0.1, 0.15) is 0 Å². The first-order valence-corrected chi connectivity index (χ1v) is 8.29. The first-order chi connectivity index (χ1) is 11.5. The molecule has 4 nitrogen and oxygen atoms in total. The molecule has 1 N–H and O–H groups in total. The molecule has 128 valence electrons. The minimum absolute atomic E-state index is 0.126. The van der Waals surface area contributed by atoms with Gasteiger partial charge in [0.25, 0.3) is 5.91 Å². The maximum Gasteiger partial charge on any atom is 0.251 e. The topological polar surface area (TPSA) is 47.6 Å². The molecule has 0 bridgehead atoms. The van der Waals surface area contributed by atoms with Gasteiger partial charge in [-0.15, -0.1) is 0 Å². The van der Waals surface area contributed by atoms with Crippen LogP contribution in [0.2, 0.25) is 0 Å². The summed E-state index contributed by atoms with van der Waals surface area (Å²) in [6, 6.07) is 11.5. The largest absolute Gasteiger partial charge is 0.490 e. The summed E-state index contributed by atoms with van der Waals surface area (Å²) in [5, 5.41) is 2.96. The fraction of sp³-hybridized carbons (Fsp3) is 0.350.